The summed E-state index contributed by atoms with van der Waals surface area (Å²) in [5.74, 6) is 0. The Morgan fingerprint density at radius 1 is 1.20 bits per heavy atom. The number of ether oxygens (including phenoxy) is 1. The van der Waals surface area contributed by atoms with Gasteiger partial charge in [0.25, 0.3) is 0 Å². The summed E-state index contributed by atoms with van der Waals surface area (Å²) in [4.78, 5) is 2.46. The highest BCUT2D eigenvalue weighted by atomic mass is 16.5. The van der Waals surface area contributed by atoms with Gasteiger partial charge < -0.3 is 4.74 Å². The van der Waals surface area contributed by atoms with Gasteiger partial charge in [-0.1, -0.05) is 23.8 Å². The van der Waals surface area contributed by atoms with E-state index in [1.54, 1.807) is 0 Å². The summed E-state index contributed by atoms with van der Waals surface area (Å²) in [5.41, 5.74) is 4.20. The standard InChI is InChI=1S/C13H19NO/c1-11-3-4-12(2)13(9-11)10-14-5-7-15-8-6-14/h3-4,9H,5-8,10H2,1-2H3. The van der Waals surface area contributed by atoms with Crippen molar-refractivity contribution in [1.82, 2.24) is 4.90 Å². The van der Waals surface area contributed by atoms with Gasteiger partial charge in [0.15, 0.2) is 0 Å². The van der Waals surface area contributed by atoms with E-state index in [1.807, 2.05) is 0 Å². The van der Waals surface area contributed by atoms with Crippen molar-refractivity contribution >= 4 is 0 Å². The normalized spacial score (nSPS) is 18.0. The molecule has 1 aromatic carbocycles. The van der Waals surface area contributed by atoms with Crippen LogP contribution in [0.4, 0.5) is 0 Å². The first kappa shape index (κ1) is 10.7. The van der Waals surface area contributed by atoms with Gasteiger partial charge in [0, 0.05) is 19.6 Å². The van der Waals surface area contributed by atoms with Crippen molar-refractivity contribution in [3.8, 4) is 0 Å². The molecule has 1 heterocycles. The van der Waals surface area contributed by atoms with E-state index in [0.717, 1.165) is 32.8 Å². The topological polar surface area (TPSA) is 12.5 Å². The Kier molecular flexibility index (Phi) is 3.39. The van der Waals surface area contributed by atoms with E-state index < -0.39 is 0 Å². The zero-order valence-electron chi connectivity index (χ0n) is 9.62. The quantitative estimate of drug-likeness (QED) is 0.733. The van der Waals surface area contributed by atoms with Crippen molar-refractivity contribution < 1.29 is 4.74 Å². The molecule has 82 valence electrons. The highest BCUT2D eigenvalue weighted by molar-refractivity contribution is 5.30. The Balaban J connectivity index is 2.05. The van der Waals surface area contributed by atoms with Crippen LogP contribution in [-0.4, -0.2) is 31.2 Å². The third kappa shape index (κ3) is 2.80. The lowest BCUT2D eigenvalue weighted by molar-refractivity contribution is 0.0341. The predicted octanol–water partition coefficient (Wildman–Crippen LogP) is 2.14. The van der Waals surface area contributed by atoms with Gasteiger partial charge >= 0.3 is 0 Å². The minimum absolute atomic E-state index is 0.880. The third-order valence-electron chi connectivity index (χ3n) is 3.00. The van der Waals surface area contributed by atoms with Crippen molar-refractivity contribution in [2.75, 3.05) is 26.3 Å². The summed E-state index contributed by atoms with van der Waals surface area (Å²) in [6.45, 7) is 9.30. The fraction of sp³-hybridized carbons (Fsp3) is 0.538. The molecule has 0 radical (unpaired) electrons. The highest BCUT2D eigenvalue weighted by Gasteiger charge is 2.11. The summed E-state index contributed by atoms with van der Waals surface area (Å²) in [6.07, 6.45) is 0. The maximum Gasteiger partial charge on any atom is 0.0594 e. The average Bonchev–Trinajstić information content (AvgIpc) is 2.25. The molecule has 0 bridgehead atoms. The van der Waals surface area contributed by atoms with Gasteiger partial charge in [-0.15, -0.1) is 0 Å². The number of morpholine rings is 1. The highest BCUT2D eigenvalue weighted by Crippen LogP contribution is 2.13. The molecule has 0 unspecified atom stereocenters. The molecule has 2 nitrogen and oxygen atoms in total. The maximum atomic E-state index is 5.35. The van der Waals surface area contributed by atoms with Crippen LogP contribution in [0.25, 0.3) is 0 Å². The second-order valence-corrected chi connectivity index (χ2v) is 4.32. The molecule has 0 spiro atoms. The molecule has 0 amide bonds. The van der Waals surface area contributed by atoms with E-state index >= 15 is 0 Å². The molecule has 0 aromatic heterocycles. The maximum absolute atomic E-state index is 5.35. The zero-order valence-corrected chi connectivity index (χ0v) is 9.62. The second kappa shape index (κ2) is 4.77. The summed E-state index contributed by atoms with van der Waals surface area (Å²) >= 11 is 0. The van der Waals surface area contributed by atoms with E-state index in [-0.39, 0.29) is 0 Å². The molecule has 0 atom stereocenters. The number of rotatable bonds is 2. The zero-order chi connectivity index (χ0) is 10.7. The molecule has 1 fully saturated rings. The number of nitrogens with zero attached hydrogens (tertiary/aromatic N) is 1. The van der Waals surface area contributed by atoms with Crippen LogP contribution in [0.3, 0.4) is 0 Å². The van der Waals surface area contributed by atoms with Crippen molar-refractivity contribution in [3.63, 3.8) is 0 Å². The van der Waals surface area contributed by atoms with Crippen LogP contribution in [-0.2, 0) is 11.3 Å². The Labute approximate surface area is 91.9 Å². The van der Waals surface area contributed by atoms with Crippen molar-refractivity contribution in [1.29, 1.82) is 0 Å². The fourth-order valence-corrected chi connectivity index (χ4v) is 1.97. The minimum Gasteiger partial charge on any atom is -0.379 e. The number of hydrogen-bond acceptors (Lipinski definition) is 2. The van der Waals surface area contributed by atoms with Crippen molar-refractivity contribution in [2.24, 2.45) is 0 Å². The molecular formula is C13H19NO. The minimum atomic E-state index is 0.880. The van der Waals surface area contributed by atoms with Crippen LogP contribution >= 0.6 is 0 Å². The Bertz CT molecular complexity index is 329. The van der Waals surface area contributed by atoms with Gasteiger partial charge in [-0.05, 0) is 25.0 Å². The molecule has 1 saturated heterocycles. The largest absolute Gasteiger partial charge is 0.379 e. The summed E-state index contributed by atoms with van der Waals surface area (Å²) < 4.78 is 5.35. The van der Waals surface area contributed by atoms with E-state index in [4.69, 9.17) is 4.74 Å². The fourth-order valence-electron chi connectivity index (χ4n) is 1.97. The first-order valence-corrected chi connectivity index (χ1v) is 5.62. The van der Waals surface area contributed by atoms with E-state index in [0.29, 0.717) is 0 Å². The molecule has 2 heteroatoms. The molecule has 15 heavy (non-hydrogen) atoms. The summed E-state index contributed by atoms with van der Waals surface area (Å²) in [6, 6.07) is 6.69. The predicted molar refractivity (Wildman–Crippen MR) is 62.0 cm³/mol. The number of hydrogen-bond donors (Lipinski definition) is 0. The second-order valence-electron chi connectivity index (χ2n) is 4.32. The molecule has 0 aliphatic carbocycles. The smallest absolute Gasteiger partial charge is 0.0594 e. The SMILES string of the molecule is Cc1ccc(C)c(CN2CCOCC2)c1. The van der Waals surface area contributed by atoms with Gasteiger partial charge in [-0.2, -0.15) is 0 Å². The van der Waals surface area contributed by atoms with Crippen LogP contribution in [0.1, 0.15) is 16.7 Å². The molecule has 1 aliphatic rings. The third-order valence-corrected chi connectivity index (χ3v) is 3.00. The van der Waals surface area contributed by atoms with E-state index in [2.05, 4.69) is 36.9 Å². The number of benzene rings is 1. The Morgan fingerprint density at radius 3 is 2.67 bits per heavy atom. The number of aryl methyl sites for hydroxylation is 2. The van der Waals surface area contributed by atoms with Gasteiger partial charge in [-0.3, -0.25) is 4.90 Å². The lowest BCUT2D eigenvalue weighted by atomic mass is 10.1. The van der Waals surface area contributed by atoms with Crippen LogP contribution in [0.15, 0.2) is 18.2 Å². The van der Waals surface area contributed by atoms with Crippen molar-refractivity contribution in [3.05, 3.63) is 34.9 Å². The van der Waals surface area contributed by atoms with Crippen molar-refractivity contribution in [2.45, 2.75) is 20.4 Å². The first-order valence-electron chi connectivity index (χ1n) is 5.62. The van der Waals surface area contributed by atoms with Crippen LogP contribution in [0.2, 0.25) is 0 Å². The lowest BCUT2D eigenvalue weighted by Gasteiger charge is -2.27. The van der Waals surface area contributed by atoms with Gasteiger partial charge in [-0.25, -0.2) is 0 Å². The summed E-state index contributed by atoms with van der Waals surface area (Å²) in [7, 11) is 0. The lowest BCUT2D eigenvalue weighted by Crippen LogP contribution is -2.35. The Hall–Kier alpha value is -0.860. The first-order chi connectivity index (χ1) is 7.25. The molecular weight excluding hydrogens is 186 g/mol. The van der Waals surface area contributed by atoms with E-state index in [1.165, 1.54) is 16.7 Å². The van der Waals surface area contributed by atoms with Crippen LogP contribution in [0, 0.1) is 13.8 Å². The van der Waals surface area contributed by atoms with Crippen LogP contribution in [0.5, 0.6) is 0 Å². The van der Waals surface area contributed by atoms with Gasteiger partial charge in [0.1, 0.15) is 0 Å². The monoisotopic (exact) mass is 205 g/mol. The van der Waals surface area contributed by atoms with Crippen LogP contribution < -0.4 is 0 Å². The molecule has 1 aliphatic heterocycles. The van der Waals surface area contributed by atoms with Gasteiger partial charge in [0.05, 0.1) is 13.2 Å². The summed E-state index contributed by atoms with van der Waals surface area (Å²) in [5, 5.41) is 0. The molecule has 2 rings (SSSR count). The molecule has 0 N–H and O–H groups in total. The van der Waals surface area contributed by atoms with Gasteiger partial charge in [0.2, 0.25) is 0 Å². The van der Waals surface area contributed by atoms with E-state index in [9.17, 15) is 0 Å². The molecule has 0 saturated carbocycles. The molecule has 1 aromatic rings. The Morgan fingerprint density at radius 2 is 1.93 bits per heavy atom. The average molecular weight is 205 g/mol.